The van der Waals surface area contributed by atoms with Gasteiger partial charge in [0.25, 0.3) is 0 Å². The summed E-state index contributed by atoms with van der Waals surface area (Å²) in [6.07, 6.45) is 1.90. The van der Waals surface area contributed by atoms with Crippen LogP contribution in [-0.2, 0) is 0 Å². The third kappa shape index (κ3) is 3.22. The van der Waals surface area contributed by atoms with Crippen molar-refractivity contribution in [2.24, 2.45) is 0 Å². The van der Waals surface area contributed by atoms with Gasteiger partial charge in [-0.15, -0.1) is 0 Å². The van der Waals surface area contributed by atoms with Crippen LogP contribution >= 0.6 is 0 Å². The second kappa shape index (κ2) is 5.32. The molecule has 0 bridgehead atoms. The molecule has 0 saturated carbocycles. The van der Waals surface area contributed by atoms with Gasteiger partial charge in [-0.05, 0) is 26.1 Å². The van der Waals surface area contributed by atoms with Crippen molar-refractivity contribution in [1.29, 1.82) is 5.26 Å². The van der Waals surface area contributed by atoms with Crippen LogP contribution in [0.4, 0.5) is 0 Å². The van der Waals surface area contributed by atoms with Gasteiger partial charge in [-0.3, -0.25) is 9.69 Å². The first-order valence-electron chi connectivity index (χ1n) is 4.79. The molecule has 0 aromatic carbocycles. The van der Waals surface area contributed by atoms with Crippen molar-refractivity contribution in [2.45, 2.75) is 19.4 Å². The highest BCUT2D eigenvalue weighted by Gasteiger charge is 2.15. The van der Waals surface area contributed by atoms with Crippen molar-refractivity contribution in [1.82, 2.24) is 4.90 Å². The smallest absolute Gasteiger partial charge is 0.211 e. The number of nitriles is 1. The van der Waals surface area contributed by atoms with E-state index in [0.29, 0.717) is 12.2 Å². The predicted molar refractivity (Wildman–Crippen MR) is 55.4 cm³/mol. The van der Waals surface area contributed by atoms with Crippen molar-refractivity contribution in [3.05, 3.63) is 24.2 Å². The van der Waals surface area contributed by atoms with E-state index in [1.807, 2.05) is 18.9 Å². The Kier molecular flexibility index (Phi) is 4.07. The lowest BCUT2D eigenvalue weighted by Gasteiger charge is -2.20. The number of Topliss-reactive ketones (excluding diaryl/α,β-unsaturated/α-hetero) is 1. The normalized spacial score (nSPS) is 12.4. The standard InChI is InChI=1S/C11H14N2O2/c1-9(5-6-12)13(2)8-10(14)11-4-3-7-15-11/h3-4,7,9H,5,8H2,1-2H3. The summed E-state index contributed by atoms with van der Waals surface area (Å²) in [5, 5.41) is 8.52. The average molecular weight is 206 g/mol. The summed E-state index contributed by atoms with van der Waals surface area (Å²) in [5.41, 5.74) is 0. The van der Waals surface area contributed by atoms with E-state index in [-0.39, 0.29) is 18.4 Å². The molecular formula is C11H14N2O2. The van der Waals surface area contributed by atoms with Crippen molar-refractivity contribution in [3.8, 4) is 6.07 Å². The van der Waals surface area contributed by atoms with Gasteiger partial charge in [-0.2, -0.15) is 5.26 Å². The molecule has 0 N–H and O–H groups in total. The molecule has 0 radical (unpaired) electrons. The van der Waals surface area contributed by atoms with Crippen LogP contribution in [0.25, 0.3) is 0 Å². The Hall–Kier alpha value is -1.60. The van der Waals surface area contributed by atoms with Gasteiger partial charge >= 0.3 is 0 Å². The topological polar surface area (TPSA) is 57.2 Å². The number of carbonyl (C=O) groups excluding carboxylic acids is 1. The molecule has 1 heterocycles. The van der Waals surface area contributed by atoms with Gasteiger partial charge in [0.1, 0.15) is 0 Å². The van der Waals surface area contributed by atoms with Crippen LogP contribution in [0.2, 0.25) is 0 Å². The van der Waals surface area contributed by atoms with Crippen LogP contribution in [0.15, 0.2) is 22.8 Å². The van der Waals surface area contributed by atoms with E-state index >= 15 is 0 Å². The third-order valence-electron chi connectivity index (χ3n) is 2.33. The van der Waals surface area contributed by atoms with Gasteiger partial charge in [0.05, 0.1) is 25.3 Å². The van der Waals surface area contributed by atoms with Crippen LogP contribution in [0, 0.1) is 11.3 Å². The minimum Gasteiger partial charge on any atom is -0.461 e. The summed E-state index contributed by atoms with van der Waals surface area (Å²) in [7, 11) is 1.82. The molecule has 0 aliphatic carbocycles. The van der Waals surface area contributed by atoms with Crippen molar-refractivity contribution < 1.29 is 9.21 Å². The number of carbonyl (C=O) groups is 1. The molecule has 0 saturated heterocycles. The van der Waals surface area contributed by atoms with Crippen LogP contribution < -0.4 is 0 Å². The zero-order chi connectivity index (χ0) is 11.3. The first kappa shape index (κ1) is 11.5. The Bertz CT molecular complexity index is 351. The second-order valence-electron chi connectivity index (χ2n) is 3.53. The number of rotatable bonds is 5. The number of hydrogen-bond acceptors (Lipinski definition) is 4. The largest absolute Gasteiger partial charge is 0.461 e. The Morgan fingerprint density at radius 1 is 1.73 bits per heavy atom. The molecule has 1 aromatic heterocycles. The van der Waals surface area contributed by atoms with E-state index < -0.39 is 0 Å². The molecule has 1 unspecified atom stereocenters. The number of furan rings is 1. The van der Waals surface area contributed by atoms with E-state index in [9.17, 15) is 4.79 Å². The third-order valence-corrected chi connectivity index (χ3v) is 2.33. The Morgan fingerprint density at radius 3 is 3.00 bits per heavy atom. The maximum atomic E-state index is 11.6. The lowest BCUT2D eigenvalue weighted by Crippen LogP contribution is -2.33. The molecule has 0 fully saturated rings. The zero-order valence-electron chi connectivity index (χ0n) is 8.93. The number of hydrogen-bond donors (Lipinski definition) is 0. The molecule has 0 aliphatic rings. The second-order valence-corrected chi connectivity index (χ2v) is 3.53. The number of likely N-dealkylation sites (N-methyl/N-ethyl adjacent to an activating group) is 1. The van der Waals surface area contributed by atoms with Gasteiger partial charge < -0.3 is 4.42 Å². The molecule has 15 heavy (non-hydrogen) atoms. The molecule has 1 aromatic rings. The maximum Gasteiger partial charge on any atom is 0.211 e. The Morgan fingerprint density at radius 2 is 2.47 bits per heavy atom. The molecule has 80 valence electrons. The summed E-state index contributed by atoms with van der Waals surface area (Å²) in [5.74, 6) is 0.304. The van der Waals surface area contributed by atoms with Crippen molar-refractivity contribution >= 4 is 5.78 Å². The van der Waals surface area contributed by atoms with E-state index in [0.717, 1.165) is 0 Å². The minimum atomic E-state index is -0.0627. The summed E-state index contributed by atoms with van der Waals surface area (Å²) in [4.78, 5) is 13.4. The number of nitrogens with zero attached hydrogens (tertiary/aromatic N) is 2. The fourth-order valence-corrected chi connectivity index (χ4v) is 1.19. The van der Waals surface area contributed by atoms with Gasteiger partial charge in [-0.25, -0.2) is 0 Å². The van der Waals surface area contributed by atoms with Gasteiger partial charge in [0.15, 0.2) is 5.76 Å². The summed E-state index contributed by atoms with van der Waals surface area (Å²) < 4.78 is 4.99. The molecule has 1 atom stereocenters. The summed E-state index contributed by atoms with van der Waals surface area (Å²) in [6.45, 7) is 2.19. The fourth-order valence-electron chi connectivity index (χ4n) is 1.19. The average Bonchev–Trinajstić information content (AvgIpc) is 2.70. The molecule has 0 amide bonds. The summed E-state index contributed by atoms with van der Waals surface area (Å²) >= 11 is 0. The first-order valence-corrected chi connectivity index (χ1v) is 4.79. The van der Waals surface area contributed by atoms with E-state index in [2.05, 4.69) is 6.07 Å². The quantitative estimate of drug-likeness (QED) is 0.688. The van der Waals surface area contributed by atoms with Crippen LogP contribution in [0.5, 0.6) is 0 Å². The van der Waals surface area contributed by atoms with E-state index in [4.69, 9.17) is 9.68 Å². The highest BCUT2D eigenvalue weighted by atomic mass is 16.3. The molecule has 0 spiro atoms. The molecule has 1 rings (SSSR count). The van der Waals surface area contributed by atoms with Crippen molar-refractivity contribution in [3.63, 3.8) is 0 Å². The van der Waals surface area contributed by atoms with Gasteiger partial charge in [0, 0.05) is 6.04 Å². The highest BCUT2D eigenvalue weighted by Crippen LogP contribution is 2.05. The van der Waals surface area contributed by atoms with E-state index in [1.54, 1.807) is 12.1 Å². The van der Waals surface area contributed by atoms with Crippen LogP contribution in [0.3, 0.4) is 0 Å². The Labute approximate surface area is 89.1 Å². The van der Waals surface area contributed by atoms with Crippen molar-refractivity contribution in [2.75, 3.05) is 13.6 Å². The lowest BCUT2D eigenvalue weighted by atomic mass is 10.2. The van der Waals surface area contributed by atoms with Crippen LogP contribution in [0.1, 0.15) is 23.9 Å². The van der Waals surface area contributed by atoms with Gasteiger partial charge in [-0.1, -0.05) is 0 Å². The zero-order valence-corrected chi connectivity index (χ0v) is 8.93. The van der Waals surface area contributed by atoms with E-state index in [1.165, 1.54) is 6.26 Å². The molecule has 0 aliphatic heterocycles. The SMILES string of the molecule is CC(CC#N)N(C)CC(=O)c1ccco1. The lowest BCUT2D eigenvalue weighted by molar-refractivity contribution is 0.0898. The number of ketones is 1. The van der Waals surface area contributed by atoms with Gasteiger partial charge in [0.2, 0.25) is 5.78 Å². The monoisotopic (exact) mass is 206 g/mol. The minimum absolute atomic E-state index is 0.0627. The first-order chi connectivity index (χ1) is 7.15. The van der Waals surface area contributed by atoms with Crippen LogP contribution in [-0.4, -0.2) is 30.3 Å². The predicted octanol–water partition coefficient (Wildman–Crippen LogP) is 1.70. The summed E-state index contributed by atoms with van der Waals surface area (Å²) in [6, 6.07) is 5.49. The Balaban J connectivity index is 2.49. The fraction of sp³-hybridized carbons (Fsp3) is 0.455. The maximum absolute atomic E-state index is 11.6. The molecular weight excluding hydrogens is 192 g/mol. The molecule has 4 heteroatoms. The molecule has 4 nitrogen and oxygen atoms in total. The highest BCUT2D eigenvalue weighted by molar-refractivity contribution is 5.94.